The summed E-state index contributed by atoms with van der Waals surface area (Å²) in [5.41, 5.74) is 0.841. The summed E-state index contributed by atoms with van der Waals surface area (Å²) in [5, 5.41) is 6.48. The van der Waals surface area contributed by atoms with Crippen LogP contribution < -0.4 is 10.6 Å². The standard InChI is InChI=1S/C18H26FN5.HI/c1-4-20-18(22-11-15-6-5-7-16(19)10-15)23-12-17-21-8-9-24(17)13-14(2)3;/h5-10,14H,4,11-13H2,1-3H3,(H2,20,22,23);1H. The van der Waals surface area contributed by atoms with Gasteiger partial charge in [-0.3, -0.25) is 0 Å². The van der Waals surface area contributed by atoms with Crippen molar-refractivity contribution >= 4 is 29.9 Å². The molecule has 138 valence electrons. The predicted molar refractivity (Wildman–Crippen MR) is 111 cm³/mol. The third-order valence-corrected chi connectivity index (χ3v) is 3.43. The third-order valence-electron chi connectivity index (χ3n) is 3.43. The Bertz CT molecular complexity index is 669. The van der Waals surface area contributed by atoms with Gasteiger partial charge in [0, 0.05) is 25.5 Å². The highest BCUT2D eigenvalue weighted by Crippen LogP contribution is 2.05. The van der Waals surface area contributed by atoms with Crippen molar-refractivity contribution in [3.63, 3.8) is 0 Å². The fourth-order valence-corrected chi connectivity index (χ4v) is 2.38. The van der Waals surface area contributed by atoms with Crippen LogP contribution in [0.3, 0.4) is 0 Å². The number of rotatable bonds is 7. The molecule has 0 aliphatic heterocycles. The molecule has 0 saturated heterocycles. The smallest absolute Gasteiger partial charge is 0.191 e. The first kappa shape index (κ1) is 21.4. The maximum Gasteiger partial charge on any atom is 0.191 e. The molecule has 0 bridgehead atoms. The zero-order chi connectivity index (χ0) is 17.4. The molecule has 5 nitrogen and oxygen atoms in total. The van der Waals surface area contributed by atoms with Crippen molar-refractivity contribution in [1.82, 2.24) is 20.2 Å². The lowest BCUT2D eigenvalue weighted by atomic mass is 10.2. The van der Waals surface area contributed by atoms with E-state index in [1.165, 1.54) is 12.1 Å². The van der Waals surface area contributed by atoms with E-state index in [2.05, 4.69) is 39.0 Å². The number of benzene rings is 1. The van der Waals surface area contributed by atoms with Crippen molar-refractivity contribution in [2.24, 2.45) is 10.9 Å². The Morgan fingerprint density at radius 2 is 2.12 bits per heavy atom. The second kappa shape index (κ2) is 11.1. The Kier molecular flexibility index (Phi) is 9.48. The molecule has 0 aliphatic rings. The molecule has 0 atom stereocenters. The minimum Gasteiger partial charge on any atom is -0.357 e. The summed E-state index contributed by atoms with van der Waals surface area (Å²) >= 11 is 0. The topological polar surface area (TPSA) is 54.2 Å². The van der Waals surface area contributed by atoms with Gasteiger partial charge in [-0.2, -0.15) is 0 Å². The number of imidazole rings is 1. The first-order valence-electron chi connectivity index (χ1n) is 8.35. The Hall–Kier alpha value is -1.64. The summed E-state index contributed by atoms with van der Waals surface area (Å²) in [6.45, 7) is 9.09. The molecule has 1 aromatic heterocycles. The van der Waals surface area contributed by atoms with E-state index in [4.69, 9.17) is 0 Å². The van der Waals surface area contributed by atoms with Crippen molar-refractivity contribution in [3.05, 3.63) is 53.9 Å². The average molecular weight is 459 g/mol. The minimum atomic E-state index is -0.239. The maximum absolute atomic E-state index is 13.2. The van der Waals surface area contributed by atoms with E-state index in [1.54, 1.807) is 6.07 Å². The van der Waals surface area contributed by atoms with Crippen LogP contribution in [0, 0.1) is 11.7 Å². The number of nitrogens with one attached hydrogen (secondary N) is 2. The zero-order valence-electron chi connectivity index (χ0n) is 15.0. The van der Waals surface area contributed by atoms with Gasteiger partial charge in [-0.15, -0.1) is 24.0 Å². The van der Waals surface area contributed by atoms with Crippen molar-refractivity contribution in [2.75, 3.05) is 6.54 Å². The van der Waals surface area contributed by atoms with E-state index in [1.807, 2.05) is 25.4 Å². The number of hydrogen-bond acceptors (Lipinski definition) is 2. The van der Waals surface area contributed by atoms with E-state index < -0.39 is 0 Å². The number of hydrogen-bond donors (Lipinski definition) is 2. The van der Waals surface area contributed by atoms with Gasteiger partial charge in [0.2, 0.25) is 0 Å². The van der Waals surface area contributed by atoms with Crippen molar-refractivity contribution < 1.29 is 4.39 Å². The number of guanidine groups is 1. The molecule has 25 heavy (non-hydrogen) atoms. The second-order valence-corrected chi connectivity index (χ2v) is 6.07. The van der Waals surface area contributed by atoms with Gasteiger partial charge in [0.25, 0.3) is 0 Å². The van der Waals surface area contributed by atoms with Crippen LogP contribution in [-0.2, 0) is 19.6 Å². The average Bonchev–Trinajstić information content (AvgIpc) is 2.96. The molecule has 7 heteroatoms. The molecule has 0 unspecified atom stereocenters. The summed E-state index contributed by atoms with van der Waals surface area (Å²) in [5.74, 6) is 1.99. The normalized spacial score (nSPS) is 11.3. The molecule has 0 fully saturated rings. The number of aromatic nitrogens is 2. The fraction of sp³-hybridized carbons (Fsp3) is 0.444. The van der Waals surface area contributed by atoms with Crippen LogP contribution in [0.25, 0.3) is 0 Å². The molecule has 1 heterocycles. The lowest BCUT2D eigenvalue weighted by Gasteiger charge is -2.13. The molecular weight excluding hydrogens is 432 g/mol. The quantitative estimate of drug-likeness (QED) is 0.379. The first-order valence-corrected chi connectivity index (χ1v) is 8.35. The lowest BCUT2D eigenvalue weighted by molar-refractivity contribution is 0.503. The lowest BCUT2D eigenvalue weighted by Crippen LogP contribution is -2.37. The van der Waals surface area contributed by atoms with Crippen molar-refractivity contribution in [1.29, 1.82) is 0 Å². The van der Waals surface area contributed by atoms with Gasteiger partial charge in [0.05, 0.1) is 13.1 Å². The van der Waals surface area contributed by atoms with E-state index in [9.17, 15) is 4.39 Å². The van der Waals surface area contributed by atoms with Crippen LogP contribution in [-0.4, -0.2) is 22.1 Å². The SMILES string of the molecule is CCNC(=NCc1cccc(F)c1)NCc1nccn1CC(C)C.I. The summed E-state index contributed by atoms with van der Waals surface area (Å²) < 4.78 is 15.4. The van der Waals surface area contributed by atoms with Gasteiger partial charge in [-0.1, -0.05) is 26.0 Å². The van der Waals surface area contributed by atoms with Gasteiger partial charge in [-0.25, -0.2) is 14.4 Å². The van der Waals surface area contributed by atoms with E-state index in [-0.39, 0.29) is 29.8 Å². The Morgan fingerprint density at radius 3 is 2.80 bits per heavy atom. The number of halogens is 2. The van der Waals surface area contributed by atoms with E-state index in [0.717, 1.165) is 24.5 Å². The van der Waals surface area contributed by atoms with Crippen molar-refractivity contribution in [2.45, 2.75) is 40.4 Å². The summed E-state index contributed by atoms with van der Waals surface area (Å²) in [7, 11) is 0. The molecule has 0 radical (unpaired) electrons. The second-order valence-electron chi connectivity index (χ2n) is 6.07. The van der Waals surface area contributed by atoms with Crippen molar-refractivity contribution in [3.8, 4) is 0 Å². The van der Waals surface area contributed by atoms with Gasteiger partial charge in [0.15, 0.2) is 5.96 Å². The number of nitrogens with zero attached hydrogens (tertiary/aromatic N) is 3. The minimum absolute atomic E-state index is 0. The Labute approximate surface area is 166 Å². The molecule has 2 N–H and O–H groups in total. The van der Waals surface area contributed by atoms with Gasteiger partial charge in [0.1, 0.15) is 11.6 Å². The molecule has 0 aliphatic carbocycles. The predicted octanol–water partition coefficient (Wildman–Crippen LogP) is 3.55. The van der Waals surface area contributed by atoms with E-state index in [0.29, 0.717) is 25.0 Å². The summed E-state index contributed by atoms with van der Waals surface area (Å²) in [6.07, 6.45) is 3.81. The van der Waals surface area contributed by atoms with Gasteiger partial charge in [-0.05, 0) is 30.5 Å². The highest BCUT2D eigenvalue weighted by Gasteiger charge is 2.06. The first-order chi connectivity index (χ1) is 11.6. The van der Waals surface area contributed by atoms with Crippen LogP contribution in [0.1, 0.15) is 32.2 Å². The molecule has 0 amide bonds. The van der Waals surface area contributed by atoms with E-state index >= 15 is 0 Å². The third kappa shape index (κ3) is 7.41. The van der Waals surface area contributed by atoms with Crippen LogP contribution in [0.4, 0.5) is 4.39 Å². The van der Waals surface area contributed by atoms with Crippen LogP contribution >= 0.6 is 24.0 Å². The highest BCUT2D eigenvalue weighted by molar-refractivity contribution is 14.0. The molecular formula is C18H27FIN5. The monoisotopic (exact) mass is 459 g/mol. The Balaban J connectivity index is 0.00000312. The summed E-state index contributed by atoms with van der Waals surface area (Å²) in [4.78, 5) is 8.90. The fourth-order valence-electron chi connectivity index (χ4n) is 2.38. The molecule has 1 aromatic carbocycles. The molecule has 0 spiro atoms. The largest absolute Gasteiger partial charge is 0.357 e. The van der Waals surface area contributed by atoms with Gasteiger partial charge < -0.3 is 15.2 Å². The molecule has 2 rings (SSSR count). The van der Waals surface area contributed by atoms with Crippen LogP contribution in [0.5, 0.6) is 0 Å². The maximum atomic E-state index is 13.2. The Morgan fingerprint density at radius 1 is 1.32 bits per heavy atom. The van der Waals surface area contributed by atoms with Crippen LogP contribution in [0.2, 0.25) is 0 Å². The molecule has 0 saturated carbocycles. The van der Waals surface area contributed by atoms with Crippen LogP contribution in [0.15, 0.2) is 41.7 Å². The summed E-state index contributed by atoms with van der Waals surface area (Å²) in [6, 6.07) is 6.50. The number of aliphatic imine (C=N–C) groups is 1. The highest BCUT2D eigenvalue weighted by atomic mass is 127. The molecule has 2 aromatic rings. The zero-order valence-corrected chi connectivity index (χ0v) is 17.3. The van der Waals surface area contributed by atoms with Gasteiger partial charge >= 0.3 is 0 Å².